The third-order valence-corrected chi connectivity index (χ3v) is 5.67. The Labute approximate surface area is 208 Å². The van der Waals surface area contributed by atoms with Crippen LogP contribution in [-0.4, -0.2) is 37.3 Å². The second-order valence-electron chi connectivity index (χ2n) is 8.44. The molecular formula is C24H21F3N8O2. The smallest absolute Gasteiger partial charge is 0.316 e. The standard InChI is InChI=1S/C24H21F3N8O2/c1-4-37-23(36)24(2,3)16-18(19(26)27)30-21(31-20(16)32-34-28)17-14-9-7-11-29-22(14)35(33-17)12-13-8-5-6-10-15(13)25/h5-11,19H,4,12H2,1-3H3. The number of aromatic nitrogens is 5. The number of azide groups is 1. The van der Waals surface area contributed by atoms with Gasteiger partial charge in [-0.2, -0.15) is 5.10 Å². The number of hydrogen-bond donors (Lipinski definition) is 0. The van der Waals surface area contributed by atoms with E-state index in [0.29, 0.717) is 16.6 Å². The lowest BCUT2D eigenvalue weighted by molar-refractivity contribution is -0.148. The van der Waals surface area contributed by atoms with Gasteiger partial charge in [-0.15, -0.1) is 0 Å². The van der Waals surface area contributed by atoms with Gasteiger partial charge in [-0.25, -0.2) is 32.8 Å². The highest BCUT2D eigenvalue weighted by molar-refractivity contribution is 5.90. The van der Waals surface area contributed by atoms with Crippen molar-refractivity contribution in [1.82, 2.24) is 24.7 Å². The fraction of sp³-hybridized carbons (Fsp3) is 0.292. The van der Waals surface area contributed by atoms with Gasteiger partial charge in [0.05, 0.1) is 24.0 Å². The molecule has 0 aliphatic carbocycles. The number of alkyl halides is 2. The molecule has 13 heteroatoms. The molecule has 0 amide bonds. The minimum Gasteiger partial charge on any atom is -0.465 e. The molecule has 3 heterocycles. The first-order valence-corrected chi connectivity index (χ1v) is 11.2. The van der Waals surface area contributed by atoms with Crippen LogP contribution in [0, 0.1) is 5.82 Å². The van der Waals surface area contributed by atoms with Crippen LogP contribution in [0.2, 0.25) is 0 Å². The first-order valence-electron chi connectivity index (χ1n) is 11.2. The summed E-state index contributed by atoms with van der Waals surface area (Å²) in [5.41, 5.74) is 7.07. The molecule has 4 rings (SSSR count). The molecule has 0 unspecified atom stereocenters. The molecule has 0 spiro atoms. The van der Waals surface area contributed by atoms with E-state index in [2.05, 4.69) is 30.1 Å². The second-order valence-corrected chi connectivity index (χ2v) is 8.44. The molecule has 0 aliphatic heterocycles. The van der Waals surface area contributed by atoms with Gasteiger partial charge in [0.15, 0.2) is 11.5 Å². The predicted molar refractivity (Wildman–Crippen MR) is 127 cm³/mol. The van der Waals surface area contributed by atoms with E-state index >= 15 is 0 Å². The summed E-state index contributed by atoms with van der Waals surface area (Å²) in [4.78, 5) is 27.9. The van der Waals surface area contributed by atoms with Crippen LogP contribution < -0.4 is 0 Å². The highest BCUT2D eigenvalue weighted by atomic mass is 19.3. The van der Waals surface area contributed by atoms with Gasteiger partial charge >= 0.3 is 5.97 Å². The lowest BCUT2D eigenvalue weighted by Gasteiger charge is -2.26. The molecular weight excluding hydrogens is 489 g/mol. The highest BCUT2D eigenvalue weighted by Crippen LogP contribution is 2.40. The topological polar surface area (TPSA) is 132 Å². The van der Waals surface area contributed by atoms with Crippen molar-refractivity contribution in [2.45, 2.75) is 39.2 Å². The molecule has 0 bridgehead atoms. The van der Waals surface area contributed by atoms with E-state index in [9.17, 15) is 18.0 Å². The van der Waals surface area contributed by atoms with Gasteiger partial charge in [0.25, 0.3) is 6.43 Å². The number of esters is 1. The van der Waals surface area contributed by atoms with Crippen LogP contribution in [0.15, 0.2) is 47.7 Å². The van der Waals surface area contributed by atoms with Crippen molar-refractivity contribution < 1.29 is 22.7 Å². The largest absolute Gasteiger partial charge is 0.465 e. The van der Waals surface area contributed by atoms with Crippen molar-refractivity contribution in [1.29, 1.82) is 0 Å². The molecule has 1 aromatic carbocycles. The Balaban J connectivity index is 1.95. The molecule has 3 aromatic heterocycles. The van der Waals surface area contributed by atoms with Crippen molar-refractivity contribution in [3.05, 3.63) is 75.7 Å². The lowest BCUT2D eigenvalue weighted by Crippen LogP contribution is -2.33. The average Bonchev–Trinajstić information content (AvgIpc) is 3.23. The highest BCUT2D eigenvalue weighted by Gasteiger charge is 2.39. The number of rotatable bonds is 8. The molecule has 0 N–H and O–H groups in total. The van der Waals surface area contributed by atoms with Gasteiger partial charge in [0, 0.05) is 22.2 Å². The van der Waals surface area contributed by atoms with Crippen LogP contribution in [0.4, 0.5) is 19.0 Å². The quantitative estimate of drug-likeness (QED) is 0.127. The maximum atomic E-state index is 14.3. The Morgan fingerprint density at radius 2 is 1.97 bits per heavy atom. The molecule has 0 saturated heterocycles. The van der Waals surface area contributed by atoms with Crippen molar-refractivity contribution in [3.63, 3.8) is 0 Å². The normalized spacial score (nSPS) is 11.5. The van der Waals surface area contributed by atoms with Crippen LogP contribution in [0.25, 0.3) is 33.0 Å². The van der Waals surface area contributed by atoms with Crippen molar-refractivity contribution >= 4 is 22.8 Å². The number of hydrogen-bond acceptors (Lipinski definition) is 7. The van der Waals surface area contributed by atoms with E-state index in [1.165, 1.54) is 30.8 Å². The summed E-state index contributed by atoms with van der Waals surface area (Å²) >= 11 is 0. The monoisotopic (exact) mass is 510 g/mol. The zero-order valence-corrected chi connectivity index (χ0v) is 20.1. The van der Waals surface area contributed by atoms with Crippen LogP contribution in [0.3, 0.4) is 0 Å². The van der Waals surface area contributed by atoms with Crippen molar-refractivity contribution in [3.8, 4) is 11.5 Å². The number of nitrogens with zero attached hydrogens (tertiary/aromatic N) is 8. The fourth-order valence-electron chi connectivity index (χ4n) is 3.93. The van der Waals surface area contributed by atoms with Crippen molar-refractivity contribution in [2.75, 3.05) is 6.61 Å². The number of fused-ring (bicyclic) bond motifs is 1. The number of halogens is 3. The Kier molecular flexibility index (Phi) is 7.07. The van der Waals surface area contributed by atoms with Gasteiger partial charge < -0.3 is 4.74 Å². The van der Waals surface area contributed by atoms with E-state index in [1.54, 1.807) is 37.3 Å². The number of ether oxygens (including phenoxy) is 1. The summed E-state index contributed by atoms with van der Waals surface area (Å²) in [7, 11) is 0. The summed E-state index contributed by atoms with van der Waals surface area (Å²) in [6, 6.07) is 9.37. The molecule has 190 valence electrons. The third kappa shape index (κ3) is 4.81. The van der Waals surface area contributed by atoms with Gasteiger partial charge in [-0.3, -0.25) is 4.79 Å². The number of benzene rings is 1. The number of carbonyl (C=O) groups is 1. The summed E-state index contributed by atoms with van der Waals surface area (Å²) < 4.78 is 49.4. The summed E-state index contributed by atoms with van der Waals surface area (Å²) in [5.74, 6) is -1.99. The summed E-state index contributed by atoms with van der Waals surface area (Å²) in [6.07, 6.45) is -1.64. The van der Waals surface area contributed by atoms with Crippen LogP contribution in [-0.2, 0) is 21.5 Å². The Morgan fingerprint density at radius 1 is 1.22 bits per heavy atom. The molecule has 0 fully saturated rings. The van der Waals surface area contributed by atoms with Gasteiger partial charge in [-0.05, 0) is 49.6 Å². The second kappa shape index (κ2) is 10.2. The van der Waals surface area contributed by atoms with Crippen LogP contribution in [0.1, 0.15) is 44.0 Å². The van der Waals surface area contributed by atoms with E-state index in [4.69, 9.17) is 10.3 Å². The molecule has 4 aromatic rings. The predicted octanol–water partition coefficient (Wildman–Crippen LogP) is 5.80. The molecule has 10 nitrogen and oxygen atoms in total. The zero-order valence-electron chi connectivity index (χ0n) is 20.1. The first kappa shape index (κ1) is 25.6. The minimum atomic E-state index is -3.15. The Morgan fingerprint density at radius 3 is 2.65 bits per heavy atom. The summed E-state index contributed by atoms with van der Waals surface area (Å²) in [5, 5.41) is 8.35. The minimum absolute atomic E-state index is 0.000923. The maximum Gasteiger partial charge on any atom is 0.316 e. The summed E-state index contributed by atoms with van der Waals surface area (Å²) in [6.45, 7) is 4.30. The number of pyridine rings is 1. The lowest BCUT2D eigenvalue weighted by atomic mass is 9.83. The number of carbonyl (C=O) groups excluding carboxylic acids is 1. The van der Waals surface area contributed by atoms with Gasteiger partial charge in [0.2, 0.25) is 0 Å². The first-order chi connectivity index (χ1) is 17.7. The fourth-order valence-corrected chi connectivity index (χ4v) is 3.93. The van der Waals surface area contributed by atoms with Gasteiger partial charge in [-0.1, -0.05) is 18.2 Å². The van der Waals surface area contributed by atoms with E-state index < -0.39 is 35.1 Å². The maximum absolute atomic E-state index is 14.3. The molecule has 0 radical (unpaired) electrons. The van der Waals surface area contributed by atoms with Crippen LogP contribution >= 0.6 is 0 Å². The Bertz CT molecular complexity index is 1530. The van der Waals surface area contributed by atoms with Gasteiger partial charge in [0.1, 0.15) is 23.0 Å². The van der Waals surface area contributed by atoms with E-state index in [0.717, 1.165) is 0 Å². The molecule has 0 aliphatic rings. The zero-order chi connectivity index (χ0) is 26.7. The van der Waals surface area contributed by atoms with E-state index in [1.807, 2.05) is 0 Å². The SMILES string of the molecule is CCOC(=O)C(C)(C)c1c(N=[N+]=[N-])nc(-c2nn(Cc3ccccc3F)c3ncccc23)nc1C(F)F. The average molecular weight is 510 g/mol. The van der Waals surface area contributed by atoms with Crippen molar-refractivity contribution in [2.24, 2.45) is 5.11 Å². The van der Waals surface area contributed by atoms with E-state index in [-0.39, 0.29) is 30.2 Å². The Hall–Kier alpha value is -4.51. The molecule has 0 atom stereocenters. The third-order valence-electron chi connectivity index (χ3n) is 5.67. The van der Waals surface area contributed by atoms with Crippen LogP contribution in [0.5, 0.6) is 0 Å². The molecule has 37 heavy (non-hydrogen) atoms. The molecule has 0 saturated carbocycles.